The van der Waals surface area contributed by atoms with Crippen LogP contribution in [-0.2, 0) is 16.1 Å². The summed E-state index contributed by atoms with van der Waals surface area (Å²) in [5.74, 6) is -1.43. The number of anilines is 1. The van der Waals surface area contributed by atoms with Gasteiger partial charge in [0.1, 0.15) is 5.65 Å². The SMILES string of the molecule is Cc1ccc(NC(=O)C(=O)NCc2cn3cc(Cl)ccc3n2)cc1. The molecule has 0 spiro atoms. The van der Waals surface area contributed by atoms with E-state index in [0.717, 1.165) is 5.56 Å². The number of fused-ring (bicyclic) bond motifs is 1. The van der Waals surface area contributed by atoms with Crippen LogP contribution in [0.5, 0.6) is 0 Å². The quantitative estimate of drug-likeness (QED) is 0.718. The van der Waals surface area contributed by atoms with Crippen LogP contribution in [0.2, 0.25) is 5.02 Å². The zero-order chi connectivity index (χ0) is 17.1. The van der Waals surface area contributed by atoms with Gasteiger partial charge in [-0.1, -0.05) is 29.3 Å². The summed E-state index contributed by atoms with van der Waals surface area (Å²) in [6, 6.07) is 10.7. The van der Waals surface area contributed by atoms with Gasteiger partial charge < -0.3 is 15.0 Å². The lowest BCUT2D eigenvalue weighted by molar-refractivity contribution is -0.136. The molecule has 7 heteroatoms. The number of hydrogen-bond acceptors (Lipinski definition) is 3. The Balaban J connectivity index is 1.59. The fourth-order valence-corrected chi connectivity index (χ4v) is 2.35. The summed E-state index contributed by atoms with van der Waals surface area (Å²) in [4.78, 5) is 28.1. The lowest BCUT2D eigenvalue weighted by atomic mass is 10.2. The number of benzene rings is 1. The van der Waals surface area contributed by atoms with Crippen LogP contribution in [0.3, 0.4) is 0 Å². The van der Waals surface area contributed by atoms with Gasteiger partial charge in [0.05, 0.1) is 17.3 Å². The predicted molar refractivity (Wildman–Crippen MR) is 91.9 cm³/mol. The molecular formula is C17H15ClN4O2. The number of aromatic nitrogens is 2. The summed E-state index contributed by atoms with van der Waals surface area (Å²) in [5.41, 5.74) is 2.99. The van der Waals surface area contributed by atoms with Crippen molar-refractivity contribution in [2.45, 2.75) is 13.5 Å². The number of aryl methyl sites for hydroxylation is 1. The van der Waals surface area contributed by atoms with E-state index in [1.807, 2.05) is 19.1 Å². The molecule has 122 valence electrons. The molecule has 0 saturated heterocycles. The van der Waals surface area contributed by atoms with Crippen molar-refractivity contribution in [3.63, 3.8) is 0 Å². The Hall–Kier alpha value is -2.86. The normalized spacial score (nSPS) is 10.6. The number of carbonyl (C=O) groups is 2. The number of imidazole rings is 1. The first-order valence-electron chi connectivity index (χ1n) is 7.30. The molecule has 2 amide bonds. The molecule has 0 aliphatic carbocycles. The molecule has 0 unspecified atom stereocenters. The fraction of sp³-hybridized carbons (Fsp3) is 0.118. The number of nitrogens with zero attached hydrogens (tertiary/aromatic N) is 2. The molecule has 2 aromatic heterocycles. The number of nitrogens with one attached hydrogen (secondary N) is 2. The lowest BCUT2D eigenvalue weighted by Crippen LogP contribution is -2.35. The van der Waals surface area contributed by atoms with Crippen molar-refractivity contribution < 1.29 is 9.59 Å². The molecule has 2 N–H and O–H groups in total. The molecule has 0 fully saturated rings. The van der Waals surface area contributed by atoms with Crippen molar-refractivity contribution >= 4 is 34.7 Å². The van der Waals surface area contributed by atoms with Gasteiger partial charge in [0.2, 0.25) is 0 Å². The fourth-order valence-electron chi connectivity index (χ4n) is 2.18. The Morgan fingerprint density at radius 1 is 1.08 bits per heavy atom. The Kier molecular flexibility index (Phi) is 4.48. The van der Waals surface area contributed by atoms with Crippen LogP contribution in [-0.4, -0.2) is 21.2 Å². The van der Waals surface area contributed by atoms with Crippen LogP contribution < -0.4 is 10.6 Å². The van der Waals surface area contributed by atoms with Gasteiger partial charge in [0.15, 0.2) is 0 Å². The highest BCUT2D eigenvalue weighted by atomic mass is 35.5. The molecule has 0 atom stereocenters. The molecule has 0 radical (unpaired) electrons. The minimum Gasteiger partial charge on any atom is -0.342 e. The molecule has 0 bridgehead atoms. The van der Waals surface area contributed by atoms with Gasteiger partial charge in [0.25, 0.3) is 0 Å². The van der Waals surface area contributed by atoms with Gasteiger partial charge in [-0.25, -0.2) is 4.98 Å². The van der Waals surface area contributed by atoms with Crippen LogP contribution in [0.15, 0.2) is 48.8 Å². The second-order valence-electron chi connectivity index (χ2n) is 5.35. The third kappa shape index (κ3) is 3.72. The molecule has 2 heterocycles. The van der Waals surface area contributed by atoms with E-state index < -0.39 is 11.8 Å². The molecule has 24 heavy (non-hydrogen) atoms. The smallest absolute Gasteiger partial charge is 0.313 e. The third-order valence-electron chi connectivity index (χ3n) is 3.41. The Labute approximate surface area is 143 Å². The van der Waals surface area contributed by atoms with E-state index >= 15 is 0 Å². The topological polar surface area (TPSA) is 75.5 Å². The first-order valence-corrected chi connectivity index (χ1v) is 7.68. The highest BCUT2D eigenvalue weighted by Crippen LogP contribution is 2.12. The van der Waals surface area contributed by atoms with Crippen molar-refractivity contribution in [2.75, 3.05) is 5.32 Å². The van der Waals surface area contributed by atoms with Gasteiger partial charge in [-0.15, -0.1) is 0 Å². The van der Waals surface area contributed by atoms with Crippen LogP contribution in [0, 0.1) is 6.92 Å². The average molecular weight is 343 g/mol. The van der Waals surface area contributed by atoms with E-state index in [-0.39, 0.29) is 6.54 Å². The number of pyridine rings is 1. The van der Waals surface area contributed by atoms with Gasteiger partial charge >= 0.3 is 11.8 Å². The molecule has 1 aromatic carbocycles. The van der Waals surface area contributed by atoms with E-state index in [1.54, 1.807) is 41.1 Å². The standard InChI is InChI=1S/C17H15ClN4O2/c1-11-2-5-13(6-3-11)21-17(24)16(23)19-8-14-10-22-9-12(18)4-7-15(22)20-14/h2-7,9-10H,8H2,1H3,(H,19,23)(H,21,24). The van der Waals surface area contributed by atoms with Crippen LogP contribution in [0.1, 0.15) is 11.3 Å². The van der Waals surface area contributed by atoms with E-state index in [0.29, 0.717) is 22.1 Å². The van der Waals surface area contributed by atoms with Gasteiger partial charge in [0, 0.05) is 18.1 Å². The maximum atomic E-state index is 11.9. The summed E-state index contributed by atoms with van der Waals surface area (Å²) in [6.07, 6.45) is 3.47. The minimum absolute atomic E-state index is 0.152. The number of carbonyl (C=O) groups excluding carboxylic acids is 2. The van der Waals surface area contributed by atoms with Crippen LogP contribution in [0.4, 0.5) is 5.69 Å². The first-order chi connectivity index (χ1) is 11.5. The second-order valence-corrected chi connectivity index (χ2v) is 5.78. The highest BCUT2D eigenvalue weighted by Gasteiger charge is 2.14. The Bertz CT molecular complexity index is 903. The average Bonchev–Trinajstić information content (AvgIpc) is 2.96. The molecule has 0 aliphatic rings. The largest absolute Gasteiger partial charge is 0.342 e. The van der Waals surface area contributed by atoms with Crippen LogP contribution in [0.25, 0.3) is 5.65 Å². The lowest BCUT2D eigenvalue weighted by Gasteiger charge is -2.05. The molecule has 0 aliphatic heterocycles. The summed E-state index contributed by atoms with van der Waals surface area (Å²) >= 11 is 5.91. The molecular weight excluding hydrogens is 328 g/mol. The minimum atomic E-state index is -0.717. The van der Waals surface area contributed by atoms with E-state index in [9.17, 15) is 9.59 Å². The number of amides is 2. The zero-order valence-electron chi connectivity index (χ0n) is 12.9. The van der Waals surface area contributed by atoms with E-state index in [2.05, 4.69) is 15.6 Å². The Morgan fingerprint density at radius 2 is 1.83 bits per heavy atom. The van der Waals surface area contributed by atoms with Gasteiger partial charge in [-0.05, 0) is 31.2 Å². The van der Waals surface area contributed by atoms with Crippen molar-refractivity contribution in [1.29, 1.82) is 0 Å². The van der Waals surface area contributed by atoms with E-state index in [1.165, 1.54) is 0 Å². The second kappa shape index (κ2) is 6.72. The monoisotopic (exact) mass is 342 g/mol. The molecule has 3 rings (SSSR count). The number of hydrogen-bond donors (Lipinski definition) is 2. The maximum absolute atomic E-state index is 11.9. The van der Waals surface area contributed by atoms with E-state index in [4.69, 9.17) is 11.6 Å². The summed E-state index contributed by atoms with van der Waals surface area (Å²) in [5, 5.41) is 5.68. The molecule has 3 aromatic rings. The van der Waals surface area contributed by atoms with Gasteiger partial charge in [-0.2, -0.15) is 0 Å². The van der Waals surface area contributed by atoms with Crippen molar-refractivity contribution in [2.24, 2.45) is 0 Å². The van der Waals surface area contributed by atoms with Crippen molar-refractivity contribution in [1.82, 2.24) is 14.7 Å². The first kappa shape index (κ1) is 16.0. The number of rotatable bonds is 3. The predicted octanol–water partition coefficient (Wildman–Crippen LogP) is 2.55. The van der Waals surface area contributed by atoms with Crippen LogP contribution >= 0.6 is 11.6 Å². The third-order valence-corrected chi connectivity index (χ3v) is 3.63. The number of halogens is 1. The highest BCUT2D eigenvalue weighted by molar-refractivity contribution is 6.39. The maximum Gasteiger partial charge on any atom is 0.313 e. The molecule has 6 nitrogen and oxygen atoms in total. The summed E-state index contributed by atoms with van der Waals surface area (Å²) in [7, 11) is 0. The van der Waals surface area contributed by atoms with Crippen molar-refractivity contribution in [3.8, 4) is 0 Å². The molecule has 0 saturated carbocycles. The van der Waals surface area contributed by atoms with Crippen molar-refractivity contribution in [3.05, 3.63) is 65.1 Å². The van der Waals surface area contributed by atoms with Gasteiger partial charge in [-0.3, -0.25) is 9.59 Å². The summed E-state index contributed by atoms with van der Waals surface area (Å²) < 4.78 is 1.76. The zero-order valence-corrected chi connectivity index (χ0v) is 13.7. The summed E-state index contributed by atoms with van der Waals surface area (Å²) in [6.45, 7) is 2.10. The Morgan fingerprint density at radius 3 is 2.58 bits per heavy atom.